The van der Waals surface area contributed by atoms with Crippen LogP contribution >= 0.6 is 0 Å². The number of amides is 12. The highest BCUT2D eigenvalue weighted by Crippen LogP contribution is 2.24. The summed E-state index contributed by atoms with van der Waals surface area (Å²) in [5.41, 5.74) is 1.23. The number of likely N-dealkylation sites (N-methyl/N-ethyl adjacent to an activating group) is 7. The summed E-state index contributed by atoms with van der Waals surface area (Å²) in [6.45, 7) is 20.1. The number of carbonyl (C=O) groups is 12. The number of nitrogens with zero attached hydrogens (tertiary/aromatic N) is 8. The molecule has 4 rings (SSSR count). The van der Waals surface area contributed by atoms with E-state index in [2.05, 4.69) is 21.3 Å². The molecule has 0 aromatic heterocycles. The number of likely N-dealkylation sites (tertiary alicyclic amines) is 1. The molecular formula is C75H120N12O15. The topological polar surface area (TPSA) is 329 Å². The Hall–Kier alpha value is -8.04. The second-order valence-electron chi connectivity index (χ2n) is 29.9. The predicted octanol–water partition coefficient (Wildman–Crippen LogP) is 2.87. The van der Waals surface area contributed by atoms with Gasteiger partial charge in [0.15, 0.2) is 0 Å². The van der Waals surface area contributed by atoms with Crippen molar-refractivity contribution in [2.24, 2.45) is 29.6 Å². The quantitative estimate of drug-likeness (QED) is 0.110. The standard InChI is InChI=1S/C75H120N12O15/c1-45(2)37-54-70(96)83(16)59(39-47(5)6)73(99)82(15)58(40-52-29-23-20-24-30-52)67(93)78-56(44-102-36-33-50(11)88)71(97)84(17)60(41-53-31-25-21-26-32-53)74(100)86(19)65(49(9)10)69(95)79-63(51(12)89)75(101)80(13)43-62(91)81(14)57(38-46(3)4)66(92)76-55(72(98)87-34-27-22-28-35-87)42-61(90)85(18)64(48(7)8)68(94)77-54/h20-21,23-26,29-32,45-51,54-60,63-65,88-89H,22,27-28,33-44H2,1-19H3,(H,76,92)(H,77,94)(H,78,93)(H,79,95)/t50-,51+,54-,55-,56?,57-,58-,59-,60-,63-,64-,65-/m0/s1. The zero-order valence-electron chi connectivity index (χ0n) is 64.0. The van der Waals surface area contributed by atoms with E-state index in [1.165, 1.54) is 71.0 Å². The Morgan fingerprint density at radius 1 is 0.471 bits per heavy atom. The van der Waals surface area contributed by atoms with Gasteiger partial charge in [0.25, 0.3) is 0 Å². The summed E-state index contributed by atoms with van der Waals surface area (Å²) in [6.07, 6.45) is -0.635. The van der Waals surface area contributed by atoms with Crippen LogP contribution in [0.4, 0.5) is 0 Å². The third-order valence-electron chi connectivity index (χ3n) is 19.1. The molecule has 0 spiro atoms. The average Bonchev–Trinajstić information content (AvgIpc) is 0.817. The number of nitrogens with one attached hydrogen (secondary N) is 4. The maximum atomic E-state index is 15.6. The van der Waals surface area contributed by atoms with E-state index in [1.807, 2.05) is 41.5 Å². The SMILES string of the molecule is CC(C)C[C@@H]1NC(=O)[C@H](C(C)C)N(C)C(=O)C[C@@H](C(=O)N2CCCCC2)NC(=O)[C@H](CC(C)C)N(C)C(=O)CN(C)C(=O)[C@H]([C@@H](C)O)NC(=O)[C@H](C(C)C)N(C)C(=O)[C@H](Cc2ccccc2)N(C)C(=O)C(COCC[C@H](C)O)NC(=O)[C@H](Cc2ccccc2)N(C)C(=O)[C@H](CC(C)C)N(C)C1=O. The van der Waals surface area contributed by atoms with Crippen LogP contribution in [0.1, 0.15) is 146 Å². The largest absolute Gasteiger partial charge is 0.393 e. The Bertz CT molecular complexity index is 3130. The van der Waals surface area contributed by atoms with Gasteiger partial charge in [-0.15, -0.1) is 0 Å². The van der Waals surface area contributed by atoms with Gasteiger partial charge in [0, 0.05) is 81.9 Å². The summed E-state index contributed by atoms with van der Waals surface area (Å²) >= 11 is 0. The van der Waals surface area contributed by atoms with Crippen LogP contribution in [0.15, 0.2) is 60.7 Å². The van der Waals surface area contributed by atoms with Gasteiger partial charge in [-0.1, -0.05) is 130 Å². The van der Waals surface area contributed by atoms with Crippen LogP contribution in [0, 0.1) is 29.6 Å². The Kier molecular flexibility index (Phi) is 34.5. The molecule has 2 aliphatic heterocycles. The Balaban J connectivity index is 2.01. The number of benzene rings is 2. The minimum Gasteiger partial charge on any atom is -0.393 e. The van der Waals surface area contributed by atoms with E-state index in [-0.39, 0.29) is 62.9 Å². The molecular weight excluding hydrogens is 1310 g/mol. The van der Waals surface area contributed by atoms with Gasteiger partial charge in [0.1, 0.15) is 60.4 Å². The van der Waals surface area contributed by atoms with Gasteiger partial charge in [-0.05, 0) is 99.5 Å². The van der Waals surface area contributed by atoms with E-state index in [9.17, 15) is 43.8 Å². The Morgan fingerprint density at radius 3 is 1.43 bits per heavy atom. The van der Waals surface area contributed by atoms with Crippen molar-refractivity contribution >= 4 is 70.9 Å². The van der Waals surface area contributed by atoms with Crippen molar-refractivity contribution in [1.82, 2.24) is 60.5 Å². The fraction of sp³-hybridized carbons (Fsp3) is 0.680. The monoisotopic (exact) mass is 1430 g/mol. The zero-order valence-corrected chi connectivity index (χ0v) is 64.0. The van der Waals surface area contributed by atoms with Crippen LogP contribution in [0.2, 0.25) is 0 Å². The highest BCUT2D eigenvalue weighted by Gasteiger charge is 2.45. The van der Waals surface area contributed by atoms with Crippen molar-refractivity contribution in [1.29, 1.82) is 0 Å². The number of aliphatic hydroxyl groups is 2. The number of ether oxygens (including phenoxy) is 1. The molecule has 2 aromatic rings. The second-order valence-corrected chi connectivity index (χ2v) is 29.9. The van der Waals surface area contributed by atoms with Gasteiger partial charge in [-0.2, -0.15) is 0 Å². The fourth-order valence-electron chi connectivity index (χ4n) is 13.2. The van der Waals surface area contributed by atoms with Crippen molar-refractivity contribution in [3.8, 4) is 0 Å². The van der Waals surface area contributed by atoms with Crippen LogP contribution in [-0.4, -0.2) is 275 Å². The number of hydrogen-bond acceptors (Lipinski definition) is 15. The molecule has 2 saturated heterocycles. The molecule has 27 nitrogen and oxygen atoms in total. The van der Waals surface area contributed by atoms with Crippen LogP contribution < -0.4 is 21.3 Å². The van der Waals surface area contributed by atoms with Gasteiger partial charge in [-0.25, -0.2) is 0 Å². The fourth-order valence-corrected chi connectivity index (χ4v) is 13.2. The Labute approximate surface area is 604 Å². The van der Waals surface area contributed by atoms with Crippen molar-refractivity contribution in [2.45, 2.75) is 220 Å². The zero-order chi connectivity index (χ0) is 76.7. The molecule has 6 N–H and O–H groups in total. The lowest BCUT2D eigenvalue weighted by Crippen LogP contribution is -2.63. The first-order chi connectivity index (χ1) is 47.8. The molecule has 570 valence electrons. The van der Waals surface area contributed by atoms with E-state index in [1.54, 1.807) is 100 Å². The minimum atomic E-state index is -1.70. The molecule has 0 aliphatic carbocycles. The van der Waals surface area contributed by atoms with Crippen molar-refractivity contribution in [3.63, 3.8) is 0 Å². The lowest BCUT2D eigenvalue weighted by Gasteiger charge is -2.39. The van der Waals surface area contributed by atoms with E-state index >= 15 is 24.0 Å². The summed E-state index contributed by atoms with van der Waals surface area (Å²) < 4.78 is 6.01. The lowest BCUT2D eigenvalue weighted by atomic mass is 9.96. The summed E-state index contributed by atoms with van der Waals surface area (Å²) in [7, 11) is 9.65. The van der Waals surface area contributed by atoms with Gasteiger partial charge >= 0.3 is 0 Å². The molecule has 12 atom stereocenters. The van der Waals surface area contributed by atoms with Crippen LogP contribution in [0.25, 0.3) is 0 Å². The molecule has 0 bridgehead atoms. The maximum Gasteiger partial charge on any atom is 0.248 e. The summed E-state index contributed by atoms with van der Waals surface area (Å²) in [5.74, 6) is -10.9. The number of aliphatic hydroxyl groups excluding tert-OH is 2. The second kappa shape index (κ2) is 40.7. The molecule has 102 heavy (non-hydrogen) atoms. The molecule has 12 amide bonds. The van der Waals surface area contributed by atoms with Gasteiger partial charge < -0.3 is 75.4 Å². The van der Waals surface area contributed by atoms with Crippen LogP contribution in [-0.2, 0) is 75.1 Å². The van der Waals surface area contributed by atoms with Gasteiger partial charge in [0.05, 0.1) is 31.8 Å². The van der Waals surface area contributed by atoms with Crippen LogP contribution in [0.3, 0.4) is 0 Å². The molecule has 0 radical (unpaired) electrons. The van der Waals surface area contributed by atoms with E-state index in [0.717, 1.165) is 26.0 Å². The smallest absolute Gasteiger partial charge is 0.248 e. The lowest BCUT2D eigenvalue weighted by molar-refractivity contribution is -0.152. The molecule has 2 aromatic carbocycles. The third-order valence-corrected chi connectivity index (χ3v) is 19.1. The van der Waals surface area contributed by atoms with E-state index < -0.39 is 175 Å². The minimum absolute atomic E-state index is 0.0604. The van der Waals surface area contributed by atoms with Gasteiger partial charge in [0.2, 0.25) is 70.9 Å². The molecule has 2 heterocycles. The van der Waals surface area contributed by atoms with E-state index in [4.69, 9.17) is 4.74 Å². The number of rotatable bonds is 19. The van der Waals surface area contributed by atoms with Crippen molar-refractivity contribution < 1.29 is 72.5 Å². The highest BCUT2D eigenvalue weighted by atomic mass is 16.5. The molecule has 2 aliphatic rings. The number of carbonyl (C=O) groups excluding carboxylic acids is 12. The third kappa shape index (κ3) is 24.9. The molecule has 1 unspecified atom stereocenters. The molecule has 0 saturated carbocycles. The van der Waals surface area contributed by atoms with Gasteiger partial charge in [-0.3, -0.25) is 57.5 Å². The summed E-state index contributed by atoms with van der Waals surface area (Å²) in [4.78, 5) is 190. The normalized spacial score (nSPS) is 25.2. The van der Waals surface area contributed by atoms with Crippen LogP contribution in [0.5, 0.6) is 0 Å². The summed E-state index contributed by atoms with van der Waals surface area (Å²) in [6, 6.07) is 3.65. The number of hydrogen-bond donors (Lipinski definition) is 6. The first-order valence-electron chi connectivity index (χ1n) is 36.2. The number of piperidine rings is 1. The molecule has 27 heteroatoms. The van der Waals surface area contributed by atoms with Crippen molar-refractivity contribution in [3.05, 3.63) is 71.8 Å². The van der Waals surface area contributed by atoms with E-state index in [0.29, 0.717) is 37.1 Å². The maximum absolute atomic E-state index is 15.6. The highest BCUT2D eigenvalue weighted by molar-refractivity contribution is 6.00. The predicted molar refractivity (Wildman–Crippen MR) is 387 cm³/mol. The molecule has 2 fully saturated rings. The average molecular weight is 1430 g/mol. The first-order valence-corrected chi connectivity index (χ1v) is 36.2. The summed E-state index contributed by atoms with van der Waals surface area (Å²) in [5, 5.41) is 32.7. The Morgan fingerprint density at radius 2 is 0.922 bits per heavy atom. The first kappa shape index (κ1) is 86.4. The van der Waals surface area contributed by atoms with Crippen molar-refractivity contribution in [2.75, 3.05) is 82.2 Å².